The summed E-state index contributed by atoms with van der Waals surface area (Å²) in [6.07, 6.45) is 0.439. The Labute approximate surface area is 185 Å². The monoisotopic (exact) mass is 418 g/mol. The molecule has 0 aliphatic heterocycles. The van der Waals surface area contributed by atoms with Crippen molar-refractivity contribution in [2.45, 2.75) is 53.9 Å². The van der Waals surface area contributed by atoms with Crippen LogP contribution >= 0.6 is 0 Å². The molecule has 0 saturated heterocycles. The zero-order valence-corrected chi connectivity index (χ0v) is 19.7. The van der Waals surface area contributed by atoms with Crippen LogP contribution in [0.4, 0.5) is 5.69 Å². The van der Waals surface area contributed by atoms with Crippen LogP contribution < -0.4 is 10.6 Å². The summed E-state index contributed by atoms with van der Waals surface area (Å²) in [5.74, 6) is 0.0921. The second-order valence-electron chi connectivity index (χ2n) is 10.0. The number of benzene rings is 3. The van der Waals surface area contributed by atoms with Crippen molar-refractivity contribution in [1.82, 2.24) is 5.32 Å². The highest BCUT2D eigenvalue weighted by Crippen LogP contribution is 2.42. The number of nitrogens with one attached hydrogen (secondary N) is 2. The van der Waals surface area contributed by atoms with E-state index < -0.39 is 10.8 Å². The van der Waals surface area contributed by atoms with E-state index in [9.17, 15) is 9.59 Å². The zero-order chi connectivity index (χ0) is 23.0. The number of anilines is 1. The van der Waals surface area contributed by atoms with E-state index in [1.807, 2.05) is 45.9 Å². The van der Waals surface area contributed by atoms with Crippen LogP contribution in [0.3, 0.4) is 0 Å². The van der Waals surface area contributed by atoms with Gasteiger partial charge in [0, 0.05) is 23.3 Å². The molecule has 0 heterocycles. The van der Waals surface area contributed by atoms with E-state index in [1.165, 1.54) is 5.39 Å². The van der Waals surface area contributed by atoms with Gasteiger partial charge in [0.05, 0.1) is 5.69 Å². The van der Waals surface area contributed by atoms with E-state index in [0.717, 1.165) is 27.4 Å². The van der Waals surface area contributed by atoms with Crippen LogP contribution in [-0.2, 0) is 9.59 Å². The fourth-order valence-corrected chi connectivity index (χ4v) is 4.79. The van der Waals surface area contributed by atoms with Crippen molar-refractivity contribution in [3.63, 3.8) is 0 Å². The van der Waals surface area contributed by atoms with Crippen molar-refractivity contribution in [3.8, 4) is 0 Å². The number of amides is 2. The summed E-state index contributed by atoms with van der Waals surface area (Å²) in [6, 6.07) is 16.6. The molecule has 164 valence electrons. The third kappa shape index (κ3) is 4.30. The fraction of sp³-hybridized carbons (Fsp3) is 0.407. The standard InChI is InChI=1S/C27H34N2O2/c1-17(2)22-20-14-10-8-12-18(20)19-13-9-11-15-21(19)23(22)29-25(31)27(5,6)16-26(3,4)24(30)28-7/h8-15,17H,16H2,1-7H3,(H,28,30)(H,29,31). The van der Waals surface area contributed by atoms with Gasteiger partial charge >= 0.3 is 0 Å². The molecule has 3 rings (SSSR count). The Morgan fingerprint density at radius 2 is 1.23 bits per heavy atom. The molecule has 31 heavy (non-hydrogen) atoms. The first-order valence-corrected chi connectivity index (χ1v) is 11.0. The third-order valence-corrected chi connectivity index (χ3v) is 6.13. The van der Waals surface area contributed by atoms with Gasteiger partial charge in [0.15, 0.2) is 0 Å². The largest absolute Gasteiger partial charge is 0.359 e. The van der Waals surface area contributed by atoms with E-state index in [4.69, 9.17) is 0 Å². The van der Waals surface area contributed by atoms with Crippen LogP contribution in [0.25, 0.3) is 21.5 Å². The summed E-state index contributed by atoms with van der Waals surface area (Å²) in [4.78, 5) is 25.8. The molecule has 3 aromatic carbocycles. The van der Waals surface area contributed by atoms with E-state index in [0.29, 0.717) is 6.42 Å². The molecule has 4 heteroatoms. The van der Waals surface area contributed by atoms with Crippen molar-refractivity contribution >= 4 is 39.0 Å². The predicted molar refractivity (Wildman–Crippen MR) is 130 cm³/mol. The molecule has 0 aromatic heterocycles. The van der Waals surface area contributed by atoms with Crippen molar-refractivity contribution in [3.05, 3.63) is 54.1 Å². The average Bonchev–Trinajstić information content (AvgIpc) is 2.72. The summed E-state index contributed by atoms with van der Waals surface area (Å²) in [6.45, 7) is 11.9. The van der Waals surface area contributed by atoms with Crippen molar-refractivity contribution in [1.29, 1.82) is 0 Å². The van der Waals surface area contributed by atoms with Gasteiger partial charge in [-0.15, -0.1) is 0 Å². The van der Waals surface area contributed by atoms with Gasteiger partial charge in [0.2, 0.25) is 11.8 Å². The lowest BCUT2D eigenvalue weighted by Gasteiger charge is -2.33. The minimum absolute atomic E-state index is 0.0626. The van der Waals surface area contributed by atoms with Crippen molar-refractivity contribution in [2.75, 3.05) is 12.4 Å². The van der Waals surface area contributed by atoms with E-state index >= 15 is 0 Å². The molecule has 0 aliphatic carbocycles. The second kappa shape index (κ2) is 8.33. The molecule has 0 aliphatic rings. The summed E-state index contributed by atoms with van der Waals surface area (Å²) in [5.41, 5.74) is 0.642. The zero-order valence-electron chi connectivity index (χ0n) is 19.7. The maximum Gasteiger partial charge on any atom is 0.230 e. The second-order valence-corrected chi connectivity index (χ2v) is 10.0. The summed E-state index contributed by atoms with van der Waals surface area (Å²) < 4.78 is 0. The molecule has 0 unspecified atom stereocenters. The number of carbonyl (C=O) groups excluding carboxylic acids is 2. The number of carbonyl (C=O) groups is 2. The molecule has 2 N–H and O–H groups in total. The Bertz CT molecular complexity index is 1140. The van der Waals surface area contributed by atoms with Crippen molar-refractivity contribution < 1.29 is 9.59 Å². The summed E-state index contributed by atoms with van der Waals surface area (Å²) in [7, 11) is 1.63. The van der Waals surface area contributed by atoms with Gasteiger partial charge < -0.3 is 10.6 Å². The number of fused-ring (bicyclic) bond motifs is 3. The van der Waals surface area contributed by atoms with Gasteiger partial charge in [-0.1, -0.05) is 90.1 Å². The first-order valence-electron chi connectivity index (χ1n) is 11.0. The lowest BCUT2D eigenvalue weighted by atomic mass is 9.74. The first kappa shape index (κ1) is 22.8. The van der Waals surface area contributed by atoms with E-state index in [2.05, 4.69) is 54.8 Å². The van der Waals surface area contributed by atoms with Crippen molar-refractivity contribution in [2.24, 2.45) is 10.8 Å². The molecular formula is C27H34N2O2. The molecule has 4 nitrogen and oxygen atoms in total. The normalized spacial score (nSPS) is 12.4. The van der Waals surface area contributed by atoms with Crippen LogP contribution in [0.15, 0.2) is 48.5 Å². The van der Waals surface area contributed by atoms with Crippen LogP contribution in [0, 0.1) is 10.8 Å². The third-order valence-electron chi connectivity index (χ3n) is 6.13. The first-order chi connectivity index (χ1) is 14.5. The van der Waals surface area contributed by atoms with Gasteiger partial charge in [-0.2, -0.15) is 0 Å². The van der Waals surface area contributed by atoms with E-state index in [1.54, 1.807) is 7.05 Å². The highest BCUT2D eigenvalue weighted by molar-refractivity contribution is 6.17. The molecule has 3 aromatic rings. The number of hydrogen-bond donors (Lipinski definition) is 2. The number of rotatable bonds is 6. The molecule has 2 amide bonds. The number of hydrogen-bond acceptors (Lipinski definition) is 2. The molecule has 0 bridgehead atoms. The van der Waals surface area contributed by atoms with Crippen LogP contribution in [0.2, 0.25) is 0 Å². The van der Waals surface area contributed by atoms with E-state index in [-0.39, 0.29) is 17.7 Å². The Morgan fingerprint density at radius 1 is 0.774 bits per heavy atom. The molecule has 0 fully saturated rings. The lowest BCUT2D eigenvalue weighted by Crippen LogP contribution is -2.42. The Balaban J connectivity index is 2.13. The Kier molecular flexibility index (Phi) is 6.13. The Hall–Kier alpha value is -2.88. The predicted octanol–water partition coefficient (Wildman–Crippen LogP) is 6.24. The van der Waals surface area contributed by atoms with Gasteiger partial charge in [0.25, 0.3) is 0 Å². The molecule has 0 atom stereocenters. The SMILES string of the molecule is CNC(=O)C(C)(C)CC(C)(C)C(=O)Nc1c(C(C)C)c2ccccc2c2ccccc12. The molecule has 0 spiro atoms. The minimum atomic E-state index is -0.725. The summed E-state index contributed by atoms with van der Waals surface area (Å²) in [5, 5.41) is 10.5. The van der Waals surface area contributed by atoms with Gasteiger partial charge in [-0.25, -0.2) is 0 Å². The average molecular weight is 419 g/mol. The maximum absolute atomic E-state index is 13.5. The minimum Gasteiger partial charge on any atom is -0.359 e. The molecule has 0 radical (unpaired) electrons. The van der Waals surface area contributed by atoms with Crippen LogP contribution in [0.5, 0.6) is 0 Å². The fourth-order valence-electron chi connectivity index (χ4n) is 4.79. The quantitative estimate of drug-likeness (QED) is 0.465. The highest BCUT2D eigenvalue weighted by Gasteiger charge is 2.39. The Morgan fingerprint density at radius 3 is 1.74 bits per heavy atom. The van der Waals surface area contributed by atoms with Crippen LogP contribution in [0.1, 0.15) is 59.4 Å². The van der Waals surface area contributed by atoms with Gasteiger partial charge in [-0.05, 0) is 34.1 Å². The summed E-state index contributed by atoms with van der Waals surface area (Å²) >= 11 is 0. The maximum atomic E-state index is 13.5. The van der Waals surface area contributed by atoms with Gasteiger partial charge in [0.1, 0.15) is 0 Å². The lowest BCUT2D eigenvalue weighted by molar-refractivity contribution is -0.133. The van der Waals surface area contributed by atoms with Gasteiger partial charge in [-0.3, -0.25) is 9.59 Å². The topological polar surface area (TPSA) is 58.2 Å². The van der Waals surface area contributed by atoms with Crippen LogP contribution in [-0.4, -0.2) is 18.9 Å². The highest BCUT2D eigenvalue weighted by atomic mass is 16.2. The molecular weight excluding hydrogens is 384 g/mol. The molecule has 0 saturated carbocycles. The smallest absolute Gasteiger partial charge is 0.230 e.